The predicted molar refractivity (Wildman–Crippen MR) is 61.6 cm³/mol. The van der Waals surface area contributed by atoms with Gasteiger partial charge in [0.1, 0.15) is 0 Å². The number of amides is 1. The summed E-state index contributed by atoms with van der Waals surface area (Å²) in [4.78, 5) is 15.4. The molecule has 15 heavy (non-hydrogen) atoms. The van der Waals surface area contributed by atoms with Crippen molar-refractivity contribution in [2.75, 3.05) is 34.2 Å². The number of hydrogen-bond acceptors (Lipinski definition) is 3. The summed E-state index contributed by atoms with van der Waals surface area (Å²) < 4.78 is 0. The van der Waals surface area contributed by atoms with Crippen LogP contribution in [0.5, 0.6) is 0 Å². The molecule has 4 heteroatoms. The van der Waals surface area contributed by atoms with Crippen LogP contribution in [0.3, 0.4) is 0 Å². The fraction of sp³-hybridized carbons (Fsp3) is 0.909. The third-order valence-corrected chi connectivity index (χ3v) is 3.60. The fourth-order valence-corrected chi connectivity index (χ4v) is 2.29. The smallest absolute Gasteiger partial charge is 0.236 e. The minimum Gasteiger partial charge on any atom is -0.348 e. The number of nitrogens with zero attached hydrogens (tertiary/aromatic N) is 2. The number of nitrogens with two attached hydrogens (primary N) is 1. The molecule has 1 aliphatic carbocycles. The maximum atomic E-state index is 11.6. The Morgan fingerprint density at radius 1 is 1.27 bits per heavy atom. The van der Waals surface area contributed by atoms with Gasteiger partial charge in [-0.3, -0.25) is 9.69 Å². The van der Waals surface area contributed by atoms with Gasteiger partial charge in [0.2, 0.25) is 5.91 Å². The van der Waals surface area contributed by atoms with Gasteiger partial charge in [0, 0.05) is 26.2 Å². The molecule has 1 amide bonds. The van der Waals surface area contributed by atoms with Gasteiger partial charge in [0.15, 0.2) is 0 Å². The molecule has 0 atom stereocenters. The van der Waals surface area contributed by atoms with E-state index >= 15 is 0 Å². The highest BCUT2D eigenvalue weighted by atomic mass is 16.2. The summed E-state index contributed by atoms with van der Waals surface area (Å²) in [5.41, 5.74) is 5.93. The summed E-state index contributed by atoms with van der Waals surface area (Å²) in [7, 11) is 5.60. The zero-order valence-electron chi connectivity index (χ0n) is 10.1. The van der Waals surface area contributed by atoms with E-state index in [1.165, 1.54) is 12.8 Å². The Labute approximate surface area is 92.4 Å². The van der Waals surface area contributed by atoms with Crippen molar-refractivity contribution >= 4 is 5.91 Å². The maximum Gasteiger partial charge on any atom is 0.236 e. The highest BCUT2D eigenvalue weighted by Gasteiger charge is 2.37. The molecule has 88 valence electrons. The van der Waals surface area contributed by atoms with Gasteiger partial charge in [0.05, 0.1) is 6.54 Å². The van der Waals surface area contributed by atoms with Crippen molar-refractivity contribution in [1.29, 1.82) is 0 Å². The number of hydrogen-bond donors (Lipinski definition) is 1. The van der Waals surface area contributed by atoms with Crippen molar-refractivity contribution in [2.24, 2.45) is 5.73 Å². The van der Waals surface area contributed by atoms with Gasteiger partial charge in [-0.05, 0) is 19.9 Å². The van der Waals surface area contributed by atoms with Crippen molar-refractivity contribution in [3.63, 3.8) is 0 Å². The van der Waals surface area contributed by atoms with Gasteiger partial charge in [-0.1, -0.05) is 12.8 Å². The number of rotatable bonds is 4. The van der Waals surface area contributed by atoms with Gasteiger partial charge in [0.25, 0.3) is 0 Å². The summed E-state index contributed by atoms with van der Waals surface area (Å²) in [5.74, 6) is 0.150. The Bertz CT molecular complexity index is 222. The van der Waals surface area contributed by atoms with Crippen molar-refractivity contribution < 1.29 is 4.79 Å². The van der Waals surface area contributed by atoms with Crippen LogP contribution < -0.4 is 5.73 Å². The SMILES string of the molecule is CN(C)C(=O)CN(C)C1(CN)CCCC1. The van der Waals surface area contributed by atoms with E-state index in [2.05, 4.69) is 4.90 Å². The summed E-state index contributed by atoms with van der Waals surface area (Å²) >= 11 is 0. The molecule has 2 N–H and O–H groups in total. The molecule has 0 saturated heterocycles. The van der Waals surface area contributed by atoms with E-state index in [-0.39, 0.29) is 11.4 Å². The average molecular weight is 213 g/mol. The maximum absolute atomic E-state index is 11.6. The van der Waals surface area contributed by atoms with Crippen molar-refractivity contribution in [1.82, 2.24) is 9.80 Å². The second-order valence-corrected chi connectivity index (χ2v) is 4.78. The Balaban J connectivity index is 2.57. The Kier molecular flexibility index (Phi) is 4.11. The standard InChI is InChI=1S/C11H23N3O/c1-13(2)10(15)8-14(3)11(9-12)6-4-5-7-11/h4-9,12H2,1-3H3. The summed E-state index contributed by atoms with van der Waals surface area (Å²) in [6.45, 7) is 1.13. The highest BCUT2D eigenvalue weighted by Crippen LogP contribution is 2.33. The molecule has 0 aromatic heterocycles. The number of carbonyl (C=O) groups excluding carboxylic acids is 1. The monoisotopic (exact) mass is 213 g/mol. The molecule has 0 bridgehead atoms. The first-order chi connectivity index (χ1) is 7.02. The Hall–Kier alpha value is -0.610. The third kappa shape index (κ3) is 2.69. The van der Waals surface area contributed by atoms with Crippen LogP contribution in [-0.2, 0) is 4.79 Å². The first kappa shape index (κ1) is 12.5. The lowest BCUT2D eigenvalue weighted by atomic mass is 9.96. The van der Waals surface area contributed by atoms with Crippen LogP contribution in [0.2, 0.25) is 0 Å². The van der Waals surface area contributed by atoms with E-state index in [9.17, 15) is 4.79 Å². The van der Waals surface area contributed by atoms with Gasteiger partial charge in [-0.2, -0.15) is 0 Å². The molecule has 0 radical (unpaired) electrons. The lowest BCUT2D eigenvalue weighted by molar-refractivity contribution is -0.131. The highest BCUT2D eigenvalue weighted by molar-refractivity contribution is 5.77. The molecule has 4 nitrogen and oxygen atoms in total. The molecule has 1 rings (SSSR count). The lowest BCUT2D eigenvalue weighted by Gasteiger charge is -2.37. The molecular weight excluding hydrogens is 190 g/mol. The predicted octanol–water partition coefficient (Wildman–Crippen LogP) is 0.278. The summed E-state index contributed by atoms with van der Waals surface area (Å²) in [5, 5.41) is 0. The Morgan fingerprint density at radius 2 is 1.80 bits per heavy atom. The zero-order chi connectivity index (χ0) is 11.5. The normalized spacial score (nSPS) is 19.5. The molecule has 0 unspecified atom stereocenters. The first-order valence-electron chi connectivity index (χ1n) is 5.63. The van der Waals surface area contributed by atoms with E-state index < -0.39 is 0 Å². The van der Waals surface area contributed by atoms with Gasteiger partial charge < -0.3 is 10.6 Å². The van der Waals surface area contributed by atoms with Crippen LogP contribution in [-0.4, -0.2) is 55.5 Å². The summed E-state index contributed by atoms with van der Waals surface area (Å²) in [6, 6.07) is 0. The number of carbonyl (C=O) groups is 1. The fourth-order valence-electron chi connectivity index (χ4n) is 2.29. The van der Waals surface area contributed by atoms with Crippen LogP contribution >= 0.6 is 0 Å². The molecular formula is C11H23N3O. The molecule has 0 aromatic rings. The second kappa shape index (κ2) is 4.94. The zero-order valence-corrected chi connectivity index (χ0v) is 10.1. The Morgan fingerprint density at radius 3 is 2.20 bits per heavy atom. The largest absolute Gasteiger partial charge is 0.348 e. The molecule has 0 aliphatic heterocycles. The van der Waals surface area contributed by atoms with E-state index in [0.29, 0.717) is 13.1 Å². The van der Waals surface area contributed by atoms with E-state index in [0.717, 1.165) is 12.8 Å². The molecule has 1 aliphatic rings. The van der Waals surface area contributed by atoms with Crippen LogP contribution in [0.15, 0.2) is 0 Å². The molecule has 1 saturated carbocycles. The quantitative estimate of drug-likeness (QED) is 0.729. The summed E-state index contributed by atoms with van der Waals surface area (Å²) in [6.07, 6.45) is 4.72. The van der Waals surface area contributed by atoms with Crippen molar-refractivity contribution in [3.8, 4) is 0 Å². The second-order valence-electron chi connectivity index (χ2n) is 4.78. The first-order valence-corrected chi connectivity index (χ1v) is 5.63. The van der Waals surface area contributed by atoms with Crippen LogP contribution in [0, 0.1) is 0 Å². The topological polar surface area (TPSA) is 49.6 Å². The van der Waals surface area contributed by atoms with Crippen molar-refractivity contribution in [3.05, 3.63) is 0 Å². The average Bonchev–Trinajstić information content (AvgIpc) is 2.66. The van der Waals surface area contributed by atoms with E-state index in [1.807, 2.05) is 7.05 Å². The number of likely N-dealkylation sites (N-methyl/N-ethyl adjacent to an activating group) is 2. The lowest BCUT2D eigenvalue weighted by Crippen LogP contribution is -2.52. The van der Waals surface area contributed by atoms with Crippen LogP contribution in [0.4, 0.5) is 0 Å². The molecule has 1 fully saturated rings. The van der Waals surface area contributed by atoms with Gasteiger partial charge in [-0.15, -0.1) is 0 Å². The molecule has 0 heterocycles. The van der Waals surface area contributed by atoms with Gasteiger partial charge in [-0.25, -0.2) is 0 Å². The minimum atomic E-state index is 0.0751. The van der Waals surface area contributed by atoms with Crippen LogP contribution in [0.25, 0.3) is 0 Å². The third-order valence-electron chi connectivity index (χ3n) is 3.60. The molecule has 0 aromatic carbocycles. The van der Waals surface area contributed by atoms with Crippen molar-refractivity contribution in [2.45, 2.75) is 31.2 Å². The van der Waals surface area contributed by atoms with E-state index in [1.54, 1.807) is 19.0 Å². The van der Waals surface area contributed by atoms with Gasteiger partial charge >= 0.3 is 0 Å². The minimum absolute atomic E-state index is 0.0751. The van der Waals surface area contributed by atoms with E-state index in [4.69, 9.17) is 5.73 Å². The van der Waals surface area contributed by atoms with Crippen LogP contribution in [0.1, 0.15) is 25.7 Å². The molecule has 0 spiro atoms.